The van der Waals surface area contributed by atoms with Crippen LogP contribution in [0.5, 0.6) is 0 Å². The number of fused-ring (bicyclic) bond motifs is 1. The highest BCUT2D eigenvalue weighted by Crippen LogP contribution is 2.41. The van der Waals surface area contributed by atoms with Gasteiger partial charge in [-0.1, -0.05) is 97.1 Å². The first-order valence-corrected chi connectivity index (χ1v) is 19.4. The number of ether oxygens (including phenoxy) is 2. The number of carbonyl (C=O) groups is 3. The number of imide groups is 1. The van der Waals surface area contributed by atoms with E-state index in [0.29, 0.717) is 30.8 Å². The molecule has 9 rings (SSSR count). The van der Waals surface area contributed by atoms with E-state index in [9.17, 15) is 19.5 Å². The Balaban J connectivity index is 0.903. The average Bonchev–Trinajstić information content (AvgIpc) is 3.69. The predicted molar refractivity (Wildman–Crippen MR) is 211 cm³/mol. The van der Waals surface area contributed by atoms with Crippen LogP contribution >= 0.6 is 0 Å². The molecule has 10 nitrogen and oxygen atoms in total. The van der Waals surface area contributed by atoms with Gasteiger partial charge in [0.2, 0.25) is 5.91 Å². The molecule has 5 aromatic rings. The van der Waals surface area contributed by atoms with Crippen LogP contribution in [0.3, 0.4) is 0 Å². The Kier molecular flexibility index (Phi) is 9.72. The van der Waals surface area contributed by atoms with Crippen molar-refractivity contribution in [3.63, 3.8) is 0 Å². The summed E-state index contributed by atoms with van der Waals surface area (Å²) in [6.07, 6.45) is 1.20. The van der Waals surface area contributed by atoms with E-state index in [2.05, 4.69) is 27.2 Å². The first-order chi connectivity index (χ1) is 27.4. The van der Waals surface area contributed by atoms with E-state index < -0.39 is 11.8 Å². The molecule has 3 unspecified atom stereocenters. The highest BCUT2D eigenvalue weighted by molar-refractivity contribution is 6.21. The summed E-state index contributed by atoms with van der Waals surface area (Å²) >= 11 is 0. The minimum Gasteiger partial charge on any atom is -0.392 e. The van der Waals surface area contributed by atoms with Crippen LogP contribution in [-0.4, -0.2) is 70.6 Å². The fourth-order valence-corrected chi connectivity index (χ4v) is 8.71. The number of para-hydroxylation sites is 1. The van der Waals surface area contributed by atoms with Crippen LogP contribution < -0.4 is 10.2 Å². The number of aliphatic hydroxyl groups is 1. The lowest BCUT2D eigenvalue weighted by Crippen LogP contribution is -2.57. The molecule has 0 aliphatic carbocycles. The zero-order chi connectivity index (χ0) is 38.2. The van der Waals surface area contributed by atoms with E-state index in [1.165, 1.54) is 4.90 Å². The second kappa shape index (κ2) is 15.1. The van der Waals surface area contributed by atoms with Crippen molar-refractivity contribution >= 4 is 23.4 Å². The molecule has 3 amide bonds. The van der Waals surface area contributed by atoms with Gasteiger partial charge in [0, 0.05) is 37.3 Å². The van der Waals surface area contributed by atoms with E-state index in [1.807, 2.05) is 91.0 Å². The summed E-state index contributed by atoms with van der Waals surface area (Å²) in [5.41, 5.74) is 7.01. The number of amides is 3. The van der Waals surface area contributed by atoms with Gasteiger partial charge in [-0.2, -0.15) is 0 Å². The molecule has 0 bridgehead atoms. The van der Waals surface area contributed by atoms with Gasteiger partial charge in [-0.05, 0) is 71.0 Å². The molecule has 4 heterocycles. The first kappa shape index (κ1) is 36.0. The number of piperidine rings is 1. The minimum atomic E-state index is -0.601. The molecule has 284 valence electrons. The maximum Gasteiger partial charge on any atom is 0.261 e. The van der Waals surface area contributed by atoms with E-state index in [1.54, 1.807) is 24.3 Å². The van der Waals surface area contributed by atoms with Gasteiger partial charge in [0.25, 0.3) is 11.8 Å². The second-order valence-electron chi connectivity index (χ2n) is 15.2. The highest BCUT2D eigenvalue weighted by Gasteiger charge is 2.50. The van der Waals surface area contributed by atoms with E-state index in [4.69, 9.17) is 9.47 Å². The fourth-order valence-electron chi connectivity index (χ4n) is 8.71. The van der Waals surface area contributed by atoms with Crippen molar-refractivity contribution < 1.29 is 29.0 Å². The quantitative estimate of drug-likeness (QED) is 0.162. The van der Waals surface area contributed by atoms with Crippen molar-refractivity contribution in [3.05, 3.63) is 161 Å². The van der Waals surface area contributed by atoms with Crippen molar-refractivity contribution in [1.29, 1.82) is 0 Å². The number of rotatable bonds is 9. The Morgan fingerprint density at radius 2 is 1.38 bits per heavy atom. The van der Waals surface area contributed by atoms with Gasteiger partial charge in [0.1, 0.15) is 5.54 Å². The normalized spacial score (nSPS) is 22.1. The molecule has 10 heteroatoms. The lowest BCUT2D eigenvalue weighted by Gasteiger charge is -2.45. The van der Waals surface area contributed by atoms with E-state index in [0.717, 1.165) is 65.0 Å². The number of nitrogens with one attached hydrogen (secondary N) is 1. The van der Waals surface area contributed by atoms with Gasteiger partial charge in [-0.15, -0.1) is 0 Å². The first-order valence-electron chi connectivity index (χ1n) is 19.4. The van der Waals surface area contributed by atoms with Gasteiger partial charge >= 0.3 is 0 Å². The molecular formula is C46H44N4O6. The Labute approximate surface area is 326 Å². The smallest absolute Gasteiger partial charge is 0.261 e. The molecule has 4 aliphatic rings. The summed E-state index contributed by atoms with van der Waals surface area (Å²) in [4.78, 5) is 45.3. The third-order valence-corrected chi connectivity index (χ3v) is 11.8. The van der Waals surface area contributed by atoms with Crippen molar-refractivity contribution in [2.45, 2.75) is 56.5 Å². The SMILES string of the molecule is O=C1c2ccccc2C(=O)N1Cc1cccc(-c2ccc(C3OC(CN4CCC5(CC4)C(=O)NCN5c4ccccc4)CC(c4ccc(CO)cc4)O3)cc2)c1. The summed E-state index contributed by atoms with van der Waals surface area (Å²) in [5, 5.41) is 12.8. The average molecular weight is 749 g/mol. The molecule has 0 saturated carbocycles. The van der Waals surface area contributed by atoms with Gasteiger partial charge in [-0.25, -0.2) is 0 Å². The predicted octanol–water partition coefficient (Wildman–Crippen LogP) is 6.62. The summed E-state index contributed by atoms with van der Waals surface area (Å²) in [7, 11) is 0. The number of anilines is 1. The highest BCUT2D eigenvalue weighted by atomic mass is 16.7. The van der Waals surface area contributed by atoms with E-state index in [-0.39, 0.29) is 43.1 Å². The number of likely N-dealkylation sites (tertiary alicyclic amines) is 1. The topological polar surface area (TPSA) is 112 Å². The van der Waals surface area contributed by atoms with Crippen LogP contribution in [0.25, 0.3) is 11.1 Å². The van der Waals surface area contributed by atoms with E-state index >= 15 is 0 Å². The summed E-state index contributed by atoms with van der Waals surface area (Å²) in [5.74, 6) is -0.435. The molecule has 3 atom stereocenters. The molecule has 0 radical (unpaired) electrons. The summed E-state index contributed by atoms with van der Waals surface area (Å²) < 4.78 is 13.4. The number of benzene rings is 5. The lowest BCUT2D eigenvalue weighted by molar-refractivity contribution is -0.253. The van der Waals surface area contributed by atoms with Crippen LogP contribution in [0.1, 0.15) is 74.6 Å². The van der Waals surface area contributed by atoms with Gasteiger partial charge in [0.15, 0.2) is 6.29 Å². The molecule has 1 spiro atoms. The second-order valence-corrected chi connectivity index (χ2v) is 15.2. The third kappa shape index (κ3) is 6.79. The van der Waals surface area contributed by atoms with Gasteiger partial charge in [0.05, 0.1) is 43.2 Å². The Morgan fingerprint density at radius 1 is 0.696 bits per heavy atom. The molecule has 3 fully saturated rings. The maximum atomic E-state index is 13.3. The molecule has 4 aliphatic heterocycles. The zero-order valence-electron chi connectivity index (χ0n) is 31.1. The fraction of sp³-hybridized carbons (Fsp3) is 0.283. The number of hydrogen-bond donors (Lipinski definition) is 2. The molecular weight excluding hydrogens is 705 g/mol. The van der Waals surface area contributed by atoms with Gasteiger partial charge < -0.3 is 29.7 Å². The van der Waals surface area contributed by atoms with Crippen LogP contribution in [-0.2, 0) is 27.4 Å². The number of nitrogens with zero attached hydrogens (tertiary/aromatic N) is 3. The molecule has 56 heavy (non-hydrogen) atoms. The minimum absolute atomic E-state index is 0.0195. The maximum absolute atomic E-state index is 13.3. The lowest BCUT2D eigenvalue weighted by atomic mass is 9.85. The monoisotopic (exact) mass is 748 g/mol. The number of carbonyl (C=O) groups excluding carboxylic acids is 3. The summed E-state index contributed by atoms with van der Waals surface area (Å²) in [6.45, 7) is 2.96. The van der Waals surface area contributed by atoms with Crippen molar-refractivity contribution in [1.82, 2.24) is 15.1 Å². The largest absolute Gasteiger partial charge is 0.392 e. The van der Waals surface area contributed by atoms with Crippen LogP contribution in [0.15, 0.2) is 127 Å². The Morgan fingerprint density at radius 3 is 2.07 bits per heavy atom. The van der Waals surface area contributed by atoms with Crippen molar-refractivity contribution in [2.75, 3.05) is 31.2 Å². The molecule has 0 aromatic heterocycles. The van der Waals surface area contributed by atoms with Crippen LogP contribution in [0.4, 0.5) is 5.69 Å². The molecule has 5 aromatic carbocycles. The summed E-state index contributed by atoms with van der Waals surface area (Å²) in [6, 6.07) is 41.1. The third-order valence-electron chi connectivity index (χ3n) is 11.8. The van der Waals surface area contributed by atoms with Crippen molar-refractivity contribution in [2.24, 2.45) is 0 Å². The van der Waals surface area contributed by atoms with Crippen molar-refractivity contribution in [3.8, 4) is 11.1 Å². The number of hydrogen-bond acceptors (Lipinski definition) is 8. The van der Waals surface area contributed by atoms with Crippen LogP contribution in [0.2, 0.25) is 0 Å². The zero-order valence-corrected chi connectivity index (χ0v) is 31.1. The van der Waals surface area contributed by atoms with Gasteiger partial charge in [-0.3, -0.25) is 19.3 Å². The Bertz CT molecular complexity index is 2200. The number of aliphatic hydroxyl groups excluding tert-OH is 1. The molecule has 3 saturated heterocycles. The van der Waals surface area contributed by atoms with Crippen LogP contribution in [0, 0.1) is 0 Å². The molecule has 2 N–H and O–H groups in total. The Hall–Kier alpha value is -5.65. The standard InChI is InChI=1S/C46H44N4O6/c51-29-31-13-15-34(16-14-31)41-26-38(28-48-23-21-46(22-24-48)45(54)47-30-50(46)37-9-2-1-3-10-37)55-44(56-41)35-19-17-33(18-20-35)36-8-6-7-32(25-36)27-49-42(52)39-11-4-5-12-40(39)43(49)53/h1-20,25,38,41,44,51H,21-24,26-30H2,(H,47,54).